The Bertz CT molecular complexity index is 754. The summed E-state index contributed by atoms with van der Waals surface area (Å²) in [5.74, 6) is -0.372. The number of hydrogen-bond donors (Lipinski definition) is 1. The van der Waals surface area contributed by atoms with E-state index in [2.05, 4.69) is 9.88 Å². The normalized spacial score (nSPS) is 16.4. The molecule has 0 saturated heterocycles. The molecule has 2 heterocycles. The molecule has 1 N–H and O–H groups in total. The van der Waals surface area contributed by atoms with Crippen molar-refractivity contribution in [3.05, 3.63) is 58.9 Å². The lowest BCUT2D eigenvalue weighted by Crippen LogP contribution is -2.44. The van der Waals surface area contributed by atoms with Crippen LogP contribution in [0.15, 0.2) is 42.6 Å². The Kier molecular flexibility index (Phi) is 5.43. The number of hydrogen-bond acceptors (Lipinski definition) is 2. The second kappa shape index (κ2) is 7.74. The molecule has 6 heteroatoms. The summed E-state index contributed by atoms with van der Waals surface area (Å²) >= 11 is 6.01. The molecular weight excluding hydrogens is 338 g/mol. The number of nitrogens with zero attached hydrogens (tertiary/aromatic N) is 2. The van der Waals surface area contributed by atoms with Gasteiger partial charge in [-0.2, -0.15) is 0 Å². The molecule has 1 atom stereocenters. The average Bonchev–Trinajstić information content (AvgIpc) is 3.08. The second-order valence-electron chi connectivity index (χ2n) is 6.19. The summed E-state index contributed by atoms with van der Waals surface area (Å²) in [6, 6.07) is 11.3. The zero-order chi connectivity index (χ0) is 17.8. The molecule has 0 aliphatic carbocycles. The summed E-state index contributed by atoms with van der Waals surface area (Å²) in [6.45, 7) is 3.89. The highest BCUT2D eigenvalue weighted by molar-refractivity contribution is 6.30. The van der Waals surface area contributed by atoms with E-state index in [1.165, 1.54) is 0 Å². The molecule has 2 aromatic rings. The number of carbonyl (C=O) groups excluding carboxylic acids is 2. The molecule has 0 saturated carbocycles. The van der Waals surface area contributed by atoms with Crippen molar-refractivity contribution in [2.75, 3.05) is 13.1 Å². The van der Waals surface area contributed by atoms with Crippen LogP contribution in [0, 0.1) is 0 Å². The number of nitrogens with one attached hydrogen (secondary N) is 1. The van der Waals surface area contributed by atoms with Crippen LogP contribution < -0.4 is 5.32 Å². The minimum Gasteiger partial charge on any atom is -0.356 e. The molecule has 0 radical (unpaired) electrons. The van der Waals surface area contributed by atoms with Crippen molar-refractivity contribution in [1.82, 2.24) is 14.8 Å². The average molecular weight is 360 g/mol. The molecule has 132 valence electrons. The Hall–Kier alpha value is -2.27. The minimum absolute atomic E-state index is 0.120. The van der Waals surface area contributed by atoms with Crippen LogP contribution in [0.2, 0.25) is 5.02 Å². The Morgan fingerprint density at radius 2 is 1.96 bits per heavy atom. The molecule has 2 amide bonds. The summed E-state index contributed by atoms with van der Waals surface area (Å²) < 4.78 is 2.15. The van der Waals surface area contributed by atoms with E-state index in [1.54, 1.807) is 4.90 Å². The molecule has 0 spiro atoms. The highest BCUT2D eigenvalue weighted by atomic mass is 35.5. The molecule has 1 aromatic carbocycles. The van der Waals surface area contributed by atoms with Crippen molar-refractivity contribution < 1.29 is 9.59 Å². The van der Waals surface area contributed by atoms with Crippen molar-refractivity contribution in [3.8, 4) is 0 Å². The van der Waals surface area contributed by atoms with Gasteiger partial charge in [-0.05, 0) is 36.2 Å². The van der Waals surface area contributed by atoms with Gasteiger partial charge in [-0.3, -0.25) is 9.59 Å². The molecule has 0 bridgehead atoms. The lowest BCUT2D eigenvalue weighted by molar-refractivity contribution is -0.138. The number of amides is 2. The van der Waals surface area contributed by atoms with Crippen molar-refractivity contribution in [3.63, 3.8) is 0 Å². The molecule has 3 rings (SSSR count). The fraction of sp³-hybridized carbons (Fsp3) is 0.368. The van der Waals surface area contributed by atoms with Crippen molar-refractivity contribution in [1.29, 1.82) is 0 Å². The molecular formula is C19H22ClN3O2. The first-order valence-corrected chi connectivity index (χ1v) is 8.94. The Labute approximate surface area is 152 Å². The number of benzene rings is 1. The van der Waals surface area contributed by atoms with E-state index in [9.17, 15) is 9.59 Å². The first-order valence-electron chi connectivity index (χ1n) is 8.57. The van der Waals surface area contributed by atoms with Gasteiger partial charge >= 0.3 is 0 Å². The maximum absolute atomic E-state index is 12.8. The predicted molar refractivity (Wildman–Crippen MR) is 97.4 cm³/mol. The van der Waals surface area contributed by atoms with Gasteiger partial charge in [0.25, 0.3) is 0 Å². The van der Waals surface area contributed by atoms with E-state index in [0.717, 1.165) is 24.2 Å². The van der Waals surface area contributed by atoms with Crippen LogP contribution in [0.4, 0.5) is 0 Å². The van der Waals surface area contributed by atoms with E-state index in [1.807, 2.05) is 49.5 Å². The summed E-state index contributed by atoms with van der Waals surface area (Å²) in [6.07, 6.45) is 2.75. The number of carbonyl (C=O) groups is 2. The SMILES string of the molecule is CCCNC(=O)CC(=O)N1CCn2cccc2[C@H]1c1ccc(Cl)cc1. The molecule has 1 aliphatic rings. The van der Waals surface area contributed by atoms with Crippen molar-refractivity contribution >= 4 is 23.4 Å². The zero-order valence-electron chi connectivity index (χ0n) is 14.2. The molecule has 0 unspecified atom stereocenters. The molecule has 1 aromatic heterocycles. The van der Waals surface area contributed by atoms with Crippen LogP contribution in [-0.4, -0.2) is 34.4 Å². The minimum atomic E-state index is -0.220. The van der Waals surface area contributed by atoms with Crippen LogP contribution in [0.25, 0.3) is 0 Å². The second-order valence-corrected chi connectivity index (χ2v) is 6.63. The van der Waals surface area contributed by atoms with Gasteiger partial charge in [0, 0.05) is 36.5 Å². The van der Waals surface area contributed by atoms with Crippen LogP contribution in [-0.2, 0) is 16.1 Å². The van der Waals surface area contributed by atoms with Crippen LogP contribution in [0.1, 0.15) is 37.1 Å². The number of rotatable bonds is 5. The number of aromatic nitrogens is 1. The van der Waals surface area contributed by atoms with Gasteiger partial charge < -0.3 is 14.8 Å². The van der Waals surface area contributed by atoms with Gasteiger partial charge in [-0.15, -0.1) is 0 Å². The smallest absolute Gasteiger partial charge is 0.232 e. The van der Waals surface area contributed by atoms with Gasteiger partial charge in [0.15, 0.2) is 0 Å². The largest absolute Gasteiger partial charge is 0.356 e. The van der Waals surface area contributed by atoms with Gasteiger partial charge in [0.1, 0.15) is 6.42 Å². The summed E-state index contributed by atoms with van der Waals surface area (Å²) in [5.41, 5.74) is 2.04. The van der Waals surface area contributed by atoms with E-state index >= 15 is 0 Å². The van der Waals surface area contributed by atoms with E-state index in [-0.39, 0.29) is 24.3 Å². The lowest BCUT2D eigenvalue weighted by atomic mass is 9.99. The van der Waals surface area contributed by atoms with Gasteiger partial charge in [-0.1, -0.05) is 30.7 Å². The first kappa shape index (κ1) is 17.5. The molecule has 25 heavy (non-hydrogen) atoms. The van der Waals surface area contributed by atoms with Crippen LogP contribution in [0.5, 0.6) is 0 Å². The molecule has 5 nitrogen and oxygen atoms in total. The summed E-state index contributed by atoms with van der Waals surface area (Å²) in [7, 11) is 0. The third-order valence-corrected chi connectivity index (χ3v) is 4.68. The Morgan fingerprint density at radius 1 is 1.20 bits per heavy atom. The third-order valence-electron chi connectivity index (χ3n) is 4.43. The Morgan fingerprint density at radius 3 is 2.68 bits per heavy atom. The quantitative estimate of drug-likeness (QED) is 0.834. The molecule has 1 aliphatic heterocycles. The highest BCUT2D eigenvalue weighted by Crippen LogP contribution is 2.33. The fourth-order valence-electron chi connectivity index (χ4n) is 3.21. The monoisotopic (exact) mass is 359 g/mol. The Balaban J connectivity index is 1.85. The van der Waals surface area contributed by atoms with E-state index < -0.39 is 0 Å². The first-order chi connectivity index (χ1) is 12.1. The standard InChI is InChI=1S/C19H22ClN3O2/c1-2-9-21-17(24)13-18(25)23-12-11-22-10-3-4-16(22)19(23)14-5-7-15(20)8-6-14/h3-8,10,19H,2,9,11-13H2,1H3,(H,21,24)/t19-/m1/s1. The van der Waals surface area contributed by atoms with Gasteiger partial charge in [0.05, 0.1) is 6.04 Å². The maximum Gasteiger partial charge on any atom is 0.232 e. The van der Waals surface area contributed by atoms with Gasteiger partial charge in [-0.25, -0.2) is 0 Å². The van der Waals surface area contributed by atoms with Crippen LogP contribution in [0.3, 0.4) is 0 Å². The zero-order valence-corrected chi connectivity index (χ0v) is 15.0. The fourth-order valence-corrected chi connectivity index (χ4v) is 3.34. The highest BCUT2D eigenvalue weighted by Gasteiger charge is 2.32. The lowest BCUT2D eigenvalue weighted by Gasteiger charge is -2.37. The summed E-state index contributed by atoms with van der Waals surface area (Å²) in [4.78, 5) is 26.5. The van der Waals surface area contributed by atoms with E-state index in [0.29, 0.717) is 18.1 Å². The number of halogens is 1. The van der Waals surface area contributed by atoms with Gasteiger partial charge in [0.2, 0.25) is 11.8 Å². The summed E-state index contributed by atoms with van der Waals surface area (Å²) in [5, 5.41) is 3.43. The van der Waals surface area contributed by atoms with Crippen molar-refractivity contribution in [2.45, 2.75) is 32.4 Å². The molecule has 0 fully saturated rings. The van der Waals surface area contributed by atoms with E-state index in [4.69, 9.17) is 11.6 Å². The number of fused-ring (bicyclic) bond motifs is 1. The van der Waals surface area contributed by atoms with Crippen molar-refractivity contribution in [2.24, 2.45) is 0 Å². The van der Waals surface area contributed by atoms with Crippen LogP contribution >= 0.6 is 11.6 Å². The third kappa shape index (κ3) is 3.87. The topological polar surface area (TPSA) is 54.3 Å². The predicted octanol–water partition coefficient (Wildman–Crippen LogP) is 2.99. The maximum atomic E-state index is 12.8.